The molecule has 1 aromatic heterocycles. The molecule has 5 heteroatoms. The predicted octanol–water partition coefficient (Wildman–Crippen LogP) is 1.48. The molecule has 1 saturated heterocycles. The van der Waals surface area contributed by atoms with Crippen LogP contribution in [0.2, 0.25) is 0 Å². The summed E-state index contributed by atoms with van der Waals surface area (Å²) in [6.45, 7) is 1.83. The number of nitrogens with zero attached hydrogens (tertiary/aromatic N) is 1. The quantitative estimate of drug-likeness (QED) is 0.792. The number of hydrogen-bond acceptors (Lipinski definition) is 5. The maximum Gasteiger partial charge on any atom is 0.216 e. The first-order chi connectivity index (χ1) is 7.86. The Bertz CT molecular complexity index is 321. The number of Topliss-reactive ketones (excluding diaryl/α,β-unsaturated/α-hetero) is 1. The molecule has 0 saturated carbocycles. The fraction of sp³-hybridized carbons (Fsp3) is 0.636. The van der Waals surface area contributed by atoms with Gasteiger partial charge in [0.1, 0.15) is 6.61 Å². The van der Waals surface area contributed by atoms with Gasteiger partial charge in [0.2, 0.25) is 5.78 Å². The Kier molecular flexibility index (Phi) is 4.44. The third kappa shape index (κ3) is 3.37. The average molecular weight is 240 g/mol. The third-order valence-electron chi connectivity index (χ3n) is 2.64. The van der Waals surface area contributed by atoms with E-state index in [2.05, 4.69) is 10.3 Å². The fourth-order valence-corrected chi connectivity index (χ4v) is 2.35. The van der Waals surface area contributed by atoms with Gasteiger partial charge in [-0.1, -0.05) is 6.42 Å². The molecule has 0 amide bonds. The van der Waals surface area contributed by atoms with Gasteiger partial charge in [0.25, 0.3) is 0 Å². The Hall–Kier alpha value is -0.780. The summed E-state index contributed by atoms with van der Waals surface area (Å²) in [5.74, 6) is -0.0224. The Morgan fingerprint density at radius 2 is 2.56 bits per heavy atom. The molecular formula is C11H16N2O2S. The van der Waals surface area contributed by atoms with Crippen LogP contribution in [0.3, 0.4) is 0 Å². The monoisotopic (exact) mass is 240 g/mol. The molecule has 1 fully saturated rings. The Morgan fingerprint density at radius 3 is 3.25 bits per heavy atom. The van der Waals surface area contributed by atoms with E-state index in [1.54, 1.807) is 11.6 Å². The van der Waals surface area contributed by atoms with Gasteiger partial charge in [-0.05, 0) is 19.4 Å². The molecule has 4 nitrogen and oxygen atoms in total. The number of nitrogens with one attached hydrogen (secondary N) is 1. The minimum absolute atomic E-state index is 0.0224. The zero-order valence-electron chi connectivity index (χ0n) is 9.15. The van der Waals surface area contributed by atoms with Crippen LogP contribution in [0, 0.1) is 0 Å². The molecule has 0 radical (unpaired) electrons. The van der Waals surface area contributed by atoms with Crippen molar-refractivity contribution in [2.75, 3.05) is 19.8 Å². The number of carbonyl (C=O) groups excluding carboxylic acids is 1. The Labute approximate surface area is 99.0 Å². The van der Waals surface area contributed by atoms with E-state index in [-0.39, 0.29) is 12.4 Å². The normalized spacial score (nSPS) is 20.9. The maximum absolute atomic E-state index is 11.5. The highest BCUT2D eigenvalue weighted by atomic mass is 32.1. The van der Waals surface area contributed by atoms with Crippen molar-refractivity contribution < 1.29 is 9.53 Å². The van der Waals surface area contributed by atoms with Crippen molar-refractivity contribution in [3.63, 3.8) is 0 Å². The number of aromatic nitrogens is 1. The van der Waals surface area contributed by atoms with Crippen LogP contribution >= 0.6 is 11.3 Å². The molecule has 88 valence electrons. The number of piperidine rings is 1. The summed E-state index contributed by atoms with van der Waals surface area (Å²) in [6.07, 6.45) is 5.28. The number of ketones is 1. The second kappa shape index (κ2) is 6.08. The standard InChI is InChI=1S/C11H16N2O2S/c14-10(11-13-5-6-16-11)8-15-7-9-3-1-2-4-12-9/h5-6,9,12H,1-4,7-8H2. The summed E-state index contributed by atoms with van der Waals surface area (Å²) in [7, 11) is 0. The molecule has 1 aliphatic heterocycles. The Morgan fingerprint density at radius 1 is 1.62 bits per heavy atom. The zero-order valence-corrected chi connectivity index (χ0v) is 9.96. The van der Waals surface area contributed by atoms with E-state index in [0.29, 0.717) is 17.7 Å². The molecule has 0 aliphatic carbocycles. The highest BCUT2D eigenvalue weighted by Crippen LogP contribution is 2.08. The van der Waals surface area contributed by atoms with Crippen molar-refractivity contribution in [1.29, 1.82) is 0 Å². The van der Waals surface area contributed by atoms with E-state index < -0.39 is 0 Å². The van der Waals surface area contributed by atoms with E-state index in [9.17, 15) is 4.79 Å². The predicted molar refractivity (Wildman–Crippen MR) is 62.9 cm³/mol. The van der Waals surface area contributed by atoms with Crippen molar-refractivity contribution in [2.45, 2.75) is 25.3 Å². The maximum atomic E-state index is 11.5. The smallest absolute Gasteiger partial charge is 0.216 e. The lowest BCUT2D eigenvalue weighted by Crippen LogP contribution is -2.38. The first kappa shape index (κ1) is 11.7. The molecule has 0 spiro atoms. The Balaban J connectivity index is 1.66. The molecule has 1 atom stereocenters. The molecule has 16 heavy (non-hydrogen) atoms. The zero-order chi connectivity index (χ0) is 11.2. The largest absolute Gasteiger partial charge is 0.372 e. The lowest BCUT2D eigenvalue weighted by Gasteiger charge is -2.22. The van der Waals surface area contributed by atoms with Crippen LogP contribution in [0.15, 0.2) is 11.6 Å². The third-order valence-corrected chi connectivity index (χ3v) is 3.45. The van der Waals surface area contributed by atoms with Crippen LogP contribution < -0.4 is 5.32 Å². The van der Waals surface area contributed by atoms with Crippen LogP contribution in [0.1, 0.15) is 29.1 Å². The van der Waals surface area contributed by atoms with E-state index in [1.165, 1.54) is 24.2 Å². The molecule has 0 bridgehead atoms. The van der Waals surface area contributed by atoms with Gasteiger partial charge in [-0.15, -0.1) is 11.3 Å². The van der Waals surface area contributed by atoms with Crippen LogP contribution in [0.4, 0.5) is 0 Å². The molecule has 0 aromatic carbocycles. The van der Waals surface area contributed by atoms with Crippen LogP contribution in [0.5, 0.6) is 0 Å². The van der Waals surface area contributed by atoms with Crippen LogP contribution in [-0.2, 0) is 4.74 Å². The molecule has 1 N–H and O–H groups in total. The fourth-order valence-electron chi connectivity index (χ4n) is 1.78. The van der Waals surface area contributed by atoms with Crippen molar-refractivity contribution in [3.8, 4) is 0 Å². The first-order valence-corrected chi connectivity index (χ1v) is 6.48. The first-order valence-electron chi connectivity index (χ1n) is 5.60. The molecule has 2 rings (SSSR count). The molecule has 1 unspecified atom stereocenters. The summed E-state index contributed by atoms with van der Waals surface area (Å²) in [4.78, 5) is 15.5. The van der Waals surface area contributed by atoms with Crippen LogP contribution in [-0.4, -0.2) is 36.6 Å². The summed E-state index contributed by atoms with van der Waals surface area (Å²) in [6, 6.07) is 0.415. The second-order valence-electron chi connectivity index (χ2n) is 3.92. The second-order valence-corrected chi connectivity index (χ2v) is 4.82. The summed E-state index contributed by atoms with van der Waals surface area (Å²) in [5.41, 5.74) is 0. The minimum atomic E-state index is -0.0224. The van der Waals surface area contributed by atoms with Crippen molar-refractivity contribution in [2.24, 2.45) is 0 Å². The minimum Gasteiger partial charge on any atom is -0.372 e. The average Bonchev–Trinajstić information content (AvgIpc) is 2.84. The number of carbonyl (C=O) groups is 1. The SMILES string of the molecule is O=C(COCC1CCCCN1)c1nccs1. The highest BCUT2D eigenvalue weighted by Gasteiger charge is 2.14. The summed E-state index contributed by atoms with van der Waals surface area (Å²) < 4.78 is 5.41. The molecule has 1 aromatic rings. The topological polar surface area (TPSA) is 51.2 Å². The van der Waals surface area contributed by atoms with Gasteiger partial charge in [-0.3, -0.25) is 4.79 Å². The molecule has 2 heterocycles. The van der Waals surface area contributed by atoms with Gasteiger partial charge in [0, 0.05) is 17.6 Å². The number of ether oxygens (including phenoxy) is 1. The van der Waals surface area contributed by atoms with Crippen LogP contribution in [0.25, 0.3) is 0 Å². The number of hydrogen-bond donors (Lipinski definition) is 1. The van der Waals surface area contributed by atoms with E-state index in [4.69, 9.17) is 4.74 Å². The van der Waals surface area contributed by atoms with Crippen molar-refractivity contribution in [3.05, 3.63) is 16.6 Å². The molecular weight excluding hydrogens is 224 g/mol. The lowest BCUT2D eigenvalue weighted by molar-refractivity contribution is 0.0691. The van der Waals surface area contributed by atoms with Crippen molar-refractivity contribution in [1.82, 2.24) is 10.3 Å². The lowest BCUT2D eigenvalue weighted by atomic mass is 10.1. The van der Waals surface area contributed by atoms with E-state index >= 15 is 0 Å². The number of thiazole rings is 1. The van der Waals surface area contributed by atoms with Gasteiger partial charge in [0.15, 0.2) is 5.01 Å². The summed E-state index contributed by atoms with van der Waals surface area (Å²) in [5, 5.41) is 5.72. The van der Waals surface area contributed by atoms with Gasteiger partial charge in [0.05, 0.1) is 6.61 Å². The van der Waals surface area contributed by atoms with Gasteiger partial charge in [-0.2, -0.15) is 0 Å². The highest BCUT2D eigenvalue weighted by molar-refractivity contribution is 7.11. The number of rotatable bonds is 5. The summed E-state index contributed by atoms with van der Waals surface area (Å²) >= 11 is 1.36. The van der Waals surface area contributed by atoms with E-state index in [0.717, 1.165) is 13.0 Å². The molecule has 1 aliphatic rings. The van der Waals surface area contributed by atoms with E-state index in [1.807, 2.05) is 0 Å². The van der Waals surface area contributed by atoms with Gasteiger partial charge < -0.3 is 10.1 Å². The van der Waals surface area contributed by atoms with Gasteiger partial charge >= 0.3 is 0 Å². The van der Waals surface area contributed by atoms with Crippen molar-refractivity contribution >= 4 is 17.1 Å². The van der Waals surface area contributed by atoms with Gasteiger partial charge in [-0.25, -0.2) is 4.98 Å².